The van der Waals surface area contributed by atoms with Crippen molar-refractivity contribution in [3.05, 3.63) is 17.0 Å². The Morgan fingerprint density at radius 2 is 2.00 bits per heavy atom. The van der Waals surface area contributed by atoms with Gasteiger partial charge < -0.3 is 5.11 Å². The van der Waals surface area contributed by atoms with Crippen molar-refractivity contribution in [1.29, 1.82) is 0 Å². The largest absolute Gasteiger partial charge is 0.481 e. The zero-order chi connectivity index (χ0) is 13.9. The summed E-state index contributed by atoms with van der Waals surface area (Å²) in [5, 5.41) is 10.4. The molecule has 1 saturated heterocycles. The zero-order valence-electron chi connectivity index (χ0n) is 10.3. The summed E-state index contributed by atoms with van der Waals surface area (Å²) in [7, 11) is -3.57. The summed E-state index contributed by atoms with van der Waals surface area (Å²) in [6.07, 6.45) is 2.94. The van der Waals surface area contributed by atoms with Crippen molar-refractivity contribution in [2.24, 2.45) is 0 Å². The van der Waals surface area contributed by atoms with Gasteiger partial charge in [-0.2, -0.15) is 0 Å². The van der Waals surface area contributed by atoms with Crippen LogP contribution in [0.25, 0.3) is 0 Å². The molecular weight excluding hydrogens is 288 g/mol. The lowest BCUT2D eigenvalue weighted by atomic mass is 10.2. The Balaban J connectivity index is 2.06. The Hall–Kier alpha value is -0.960. The number of nitrogens with one attached hydrogen (secondary N) is 1. The zero-order valence-corrected chi connectivity index (χ0v) is 12.0. The van der Waals surface area contributed by atoms with Crippen LogP contribution < -0.4 is 4.83 Å². The van der Waals surface area contributed by atoms with Gasteiger partial charge in [-0.3, -0.25) is 4.79 Å². The van der Waals surface area contributed by atoms with Crippen LogP contribution in [-0.4, -0.2) is 37.6 Å². The van der Waals surface area contributed by atoms with Crippen LogP contribution in [0.5, 0.6) is 0 Å². The molecular formula is C11H16N2O4S2. The topological polar surface area (TPSA) is 86.7 Å². The molecule has 0 saturated carbocycles. The number of rotatable bonds is 5. The molecule has 0 unspecified atom stereocenters. The predicted octanol–water partition coefficient (Wildman–Crippen LogP) is 1.05. The van der Waals surface area contributed by atoms with Gasteiger partial charge in [-0.25, -0.2) is 13.4 Å². The number of aliphatic carboxylic acids is 1. The van der Waals surface area contributed by atoms with E-state index in [0.29, 0.717) is 18.0 Å². The first-order chi connectivity index (χ1) is 8.97. The van der Waals surface area contributed by atoms with Gasteiger partial charge in [-0.1, -0.05) is 6.42 Å². The summed E-state index contributed by atoms with van der Waals surface area (Å²) >= 11 is 0.999. The first-order valence-electron chi connectivity index (χ1n) is 6.05. The molecule has 0 aliphatic carbocycles. The first kappa shape index (κ1) is 14.4. The van der Waals surface area contributed by atoms with Gasteiger partial charge in [0.1, 0.15) is 4.21 Å². The predicted molar refractivity (Wildman–Crippen MR) is 71.4 cm³/mol. The lowest BCUT2D eigenvalue weighted by Crippen LogP contribution is -2.44. The van der Waals surface area contributed by atoms with Gasteiger partial charge in [0.25, 0.3) is 10.0 Å². The maximum absolute atomic E-state index is 12.1. The molecule has 2 heterocycles. The van der Waals surface area contributed by atoms with E-state index in [1.165, 1.54) is 6.07 Å². The van der Waals surface area contributed by atoms with E-state index in [1.807, 2.05) is 0 Å². The molecule has 0 bridgehead atoms. The number of hydrazine groups is 1. The highest BCUT2D eigenvalue weighted by Gasteiger charge is 2.21. The maximum atomic E-state index is 12.1. The molecule has 19 heavy (non-hydrogen) atoms. The Labute approximate surface area is 116 Å². The van der Waals surface area contributed by atoms with Gasteiger partial charge in [-0.15, -0.1) is 16.2 Å². The molecule has 0 atom stereocenters. The second-order valence-corrected chi connectivity index (χ2v) is 7.49. The Morgan fingerprint density at radius 1 is 1.32 bits per heavy atom. The third-order valence-corrected chi connectivity index (χ3v) is 5.79. The van der Waals surface area contributed by atoms with Gasteiger partial charge in [0, 0.05) is 18.0 Å². The Kier molecular flexibility index (Phi) is 4.56. The summed E-state index contributed by atoms with van der Waals surface area (Å²) in [6.45, 7) is 1.43. The molecule has 0 radical (unpaired) electrons. The number of sulfonamides is 1. The molecule has 1 fully saturated rings. The molecule has 1 aromatic heterocycles. The van der Waals surface area contributed by atoms with E-state index >= 15 is 0 Å². The van der Waals surface area contributed by atoms with Crippen LogP contribution >= 0.6 is 11.3 Å². The van der Waals surface area contributed by atoms with Gasteiger partial charge in [0.2, 0.25) is 0 Å². The molecule has 6 nitrogen and oxygen atoms in total. The summed E-state index contributed by atoms with van der Waals surface area (Å²) in [5.41, 5.74) is 0. The minimum Gasteiger partial charge on any atom is -0.481 e. The van der Waals surface area contributed by atoms with E-state index < -0.39 is 16.0 Å². The number of hydrogen-bond acceptors (Lipinski definition) is 5. The van der Waals surface area contributed by atoms with Gasteiger partial charge in [0.05, 0.1) is 6.42 Å². The van der Waals surface area contributed by atoms with Crippen molar-refractivity contribution >= 4 is 27.3 Å². The quantitative estimate of drug-likeness (QED) is 0.849. The second-order valence-electron chi connectivity index (χ2n) is 4.43. The van der Waals surface area contributed by atoms with Gasteiger partial charge >= 0.3 is 5.97 Å². The van der Waals surface area contributed by atoms with Crippen LogP contribution in [0.2, 0.25) is 0 Å². The number of carboxylic acid groups (broad SMARTS) is 1. The molecule has 2 rings (SSSR count). The lowest BCUT2D eigenvalue weighted by Gasteiger charge is -2.26. The standard InChI is InChI=1S/C11H16N2O4S2/c14-10(15)8-9-4-5-11(18-9)19(16,17)12-13-6-2-1-3-7-13/h4-5,12H,1-3,6-8H2,(H,14,15). The van der Waals surface area contributed by atoms with Crippen LogP contribution in [0.3, 0.4) is 0 Å². The van der Waals surface area contributed by atoms with Gasteiger partial charge in [-0.05, 0) is 25.0 Å². The van der Waals surface area contributed by atoms with Crippen molar-refractivity contribution in [1.82, 2.24) is 9.84 Å². The van der Waals surface area contributed by atoms with Crippen LogP contribution in [0.1, 0.15) is 24.1 Å². The minimum absolute atomic E-state index is 0.149. The SMILES string of the molecule is O=C(O)Cc1ccc(S(=O)(=O)NN2CCCCC2)s1. The molecule has 106 valence electrons. The lowest BCUT2D eigenvalue weighted by molar-refractivity contribution is -0.136. The molecule has 1 aliphatic heterocycles. The van der Waals surface area contributed by atoms with E-state index in [-0.39, 0.29) is 10.6 Å². The highest BCUT2D eigenvalue weighted by Crippen LogP contribution is 2.22. The third-order valence-electron chi connectivity index (χ3n) is 2.83. The molecule has 2 N–H and O–H groups in total. The average molecular weight is 304 g/mol. The highest BCUT2D eigenvalue weighted by atomic mass is 32.2. The van der Waals surface area contributed by atoms with Crippen LogP contribution in [-0.2, 0) is 21.2 Å². The van der Waals surface area contributed by atoms with E-state index in [2.05, 4.69) is 4.83 Å². The summed E-state index contributed by atoms with van der Waals surface area (Å²) in [4.78, 5) is 13.7. The Bertz CT molecular complexity index is 547. The van der Waals surface area contributed by atoms with Crippen molar-refractivity contribution in [3.8, 4) is 0 Å². The van der Waals surface area contributed by atoms with E-state index in [4.69, 9.17) is 5.11 Å². The number of carboxylic acids is 1. The smallest absolute Gasteiger partial charge is 0.308 e. The van der Waals surface area contributed by atoms with E-state index in [0.717, 1.165) is 30.6 Å². The molecule has 0 aromatic carbocycles. The highest BCUT2D eigenvalue weighted by molar-refractivity contribution is 7.91. The fraction of sp³-hybridized carbons (Fsp3) is 0.545. The monoisotopic (exact) mass is 304 g/mol. The van der Waals surface area contributed by atoms with Crippen LogP contribution in [0.4, 0.5) is 0 Å². The second kappa shape index (κ2) is 6.00. The van der Waals surface area contributed by atoms with E-state index in [9.17, 15) is 13.2 Å². The summed E-state index contributed by atoms with van der Waals surface area (Å²) in [6, 6.07) is 3.00. The fourth-order valence-electron chi connectivity index (χ4n) is 1.95. The van der Waals surface area contributed by atoms with Crippen molar-refractivity contribution < 1.29 is 18.3 Å². The molecule has 1 aliphatic rings. The minimum atomic E-state index is -3.57. The maximum Gasteiger partial charge on any atom is 0.308 e. The normalized spacial score (nSPS) is 17.5. The molecule has 1 aromatic rings. The Morgan fingerprint density at radius 3 is 2.63 bits per heavy atom. The number of carbonyl (C=O) groups is 1. The van der Waals surface area contributed by atoms with Crippen LogP contribution in [0.15, 0.2) is 16.3 Å². The first-order valence-corrected chi connectivity index (χ1v) is 8.35. The molecule has 0 amide bonds. The van der Waals surface area contributed by atoms with Crippen LogP contribution in [0, 0.1) is 0 Å². The fourth-order valence-corrected chi connectivity index (χ4v) is 4.40. The van der Waals surface area contributed by atoms with Crippen molar-refractivity contribution in [3.63, 3.8) is 0 Å². The molecule has 8 heteroatoms. The number of thiophene rings is 1. The number of nitrogens with zero attached hydrogens (tertiary/aromatic N) is 1. The third kappa shape index (κ3) is 4.00. The van der Waals surface area contributed by atoms with Crippen molar-refractivity contribution in [2.75, 3.05) is 13.1 Å². The van der Waals surface area contributed by atoms with Gasteiger partial charge in [0.15, 0.2) is 0 Å². The number of hydrogen-bond donors (Lipinski definition) is 2. The summed E-state index contributed by atoms with van der Waals surface area (Å²) in [5.74, 6) is -0.963. The van der Waals surface area contributed by atoms with Crippen molar-refractivity contribution in [2.45, 2.75) is 29.9 Å². The average Bonchev–Trinajstić information content (AvgIpc) is 2.78. The summed E-state index contributed by atoms with van der Waals surface area (Å²) < 4.78 is 24.4. The van der Waals surface area contributed by atoms with E-state index in [1.54, 1.807) is 11.1 Å². The molecule has 0 spiro atoms. The number of piperidine rings is 1.